The molecule has 9 nitrogen and oxygen atoms in total. The maximum Gasteiger partial charge on any atom is 0.332 e. The highest BCUT2D eigenvalue weighted by Crippen LogP contribution is 2.28. The molecule has 9 heteroatoms. The number of hydrogen-bond acceptors (Lipinski definition) is 5. The lowest BCUT2D eigenvalue weighted by Gasteiger charge is -2.13. The van der Waals surface area contributed by atoms with Gasteiger partial charge in [0.05, 0.1) is 6.54 Å². The summed E-state index contributed by atoms with van der Waals surface area (Å²) in [6, 6.07) is 10.00. The van der Waals surface area contributed by atoms with Crippen molar-refractivity contribution in [2.24, 2.45) is 20.0 Å². The Hall–Kier alpha value is -3.33. The molecule has 3 N–H and O–H groups in total. The van der Waals surface area contributed by atoms with E-state index in [1.807, 2.05) is 30.3 Å². The predicted octanol–water partition coefficient (Wildman–Crippen LogP) is 1.54. The van der Waals surface area contributed by atoms with Crippen molar-refractivity contribution in [1.29, 1.82) is 0 Å². The number of aliphatic hydroxyl groups is 1. The van der Waals surface area contributed by atoms with Crippen molar-refractivity contribution < 1.29 is 5.11 Å². The number of fused-ring (bicyclic) bond motifs is 2. The van der Waals surface area contributed by atoms with Crippen LogP contribution in [-0.4, -0.2) is 41.4 Å². The Kier molecular flexibility index (Phi) is 4.70. The van der Waals surface area contributed by atoms with E-state index in [0.29, 0.717) is 23.0 Å². The summed E-state index contributed by atoms with van der Waals surface area (Å²) in [7, 11) is 3.43. The quantitative estimate of drug-likeness (QED) is 0.452. The number of para-hydroxylation sites is 1. The Morgan fingerprint density at radius 2 is 2.00 bits per heavy atom. The van der Waals surface area contributed by atoms with E-state index in [1.54, 1.807) is 18.7 Å². The molecule has 3 aromatic heterocycles. The third kappa shape index (κ3) is 3.25. The molecule has 162 valence electrons. The van der Waals surface area contributed by atoms with E-state index in [1.165, 1.54) is 9.13 Å². The molecule has 1 fully saturated rings. The van der Waals surface area contributed by atoms with E-state index in [9.17, 15) is 14.7 Å². The number of anilines is 1. The van der Waals surface area contributed by atoms with Gasteiger partial charge in [0.2, 0.25) is 5.95 Å². The highest BCUT2D eigenvalue weighted by atomic mass is 16.3. The standard InChI is InChI=1S/C22H26N6O3/c1-26-18-19(25-21(26)24-15-8-7-13(9-15)12-29)27(2)22(31)28(20(18)30)11-16-10-14-5-3-4-6-17(14)23-16/h3-6,10,13,15,23,29H,7-9,11-12H2,1-2H3,(H,24,25)/t13-,15+/m0/s1. The lowest BCUT2D eigenvalue weighted by molar-refractivity contribution is 0.229. The van der Waals surface area contributed by atoms with Crippen molar-refractivity contribution in [2.45, 2.75) is 31.8 Å². The second-order valence-corrected chi connectivity index (χ2v) is 8.48. The number of hydrogen-bond donors (Lipinski definition) is 3. The van der Waals surface area contributed by atoms with E-state index >= 15 is 0 Å². The van der Waals surface area contributed by atoms with E-state index in [2.05, 4.69) is 15.3 Å². The minimum absolute atomic E-state index is 0.158. The summed E-state index contributed by atoms with van der Waals surface area (Å²) in [5.41, 5.74) is 1.75. The van der Waals surface area contributed by atoms with Crippen LogP contribution in [0.5, 0.6) is 0 Å². The van der Waals surface area contributed by atoms with Crippen molar-refractivity contribution in [3.05, 3.63) is 56.9 Å². The Morgan fingerprint density at radius 3 is 2.74 bits per heavy atom. The fourth-order valence-corrected chi connectivity index (χ4v) is 4.66. The third-order valence-electron chi connectivity index (χ3n) is 6.41. The first kappa shape index (κ1) is 19.6. The lowest BCUT2D eigenvalue weighted by atomic mass is 10.1. The number of nitrogens with zero attached hydrogens (tertiary/aromatic N) is 4. The Labute approximate surface area is 178 Å². The van der Waals surface area contributed by atoms with E-state index in [0.717, 1.165) is 35.9 Å². The number of aryl methyl sites for hydroxylation is 2. The molecule has 0 radical (unpaired) electrons. The molecule has 1 saturated carbocycles. The summed E-state index contributed by atoms with van der Waals surface area (Å²) in [5, 5.41) is 13.8. The molecule has 0 unspecified atom stereocenters. The Balaban J connectivity index is 1.55. The molecule has 0 saturated heterocycles. The number of aromatic amines is 1. The second kappa shape index (κ2) is 7.42. The van der Waals surface area contributed by atoms with Gasteiger partial charge < -0.3 is 20.0 Å². The van der Waals surface area contributed by atoms with E-state index in [4.69, 9.17) is 0 Å². The first-order chi connectivity index (χ1) is 15.0. The maximum atomic E-state index is 13.3. The average Bonchev–Trinajstić information content (AvgIpc) is 3.47. The Morgan fingerprint density at radius 1 is 1.19 bits per heavy atom. The van der Waals surface area contributed by atoms with E-state index in [-0.39, 0.29) is 24.8 Å². The van der Waals surface area contributed by atoms with E-state index < -0.39 is 5.69 Å². The Bertz CT molecular complexity index is 1360. The first-order valence-corrected chi connectivity index (χ1v) is 10.6. The zero-order chi connectivity index (χ0) is 21.7. The summed E-state index contributed by atoms with van der Waals surface area (Å²) >= 11 is 0. The molecule has 4 aromatic rings. The number of rotatable bonds is 5. The molecule has 0 aliphatic heterocycles. The first-order valence-electron chi connectivity index (χ1n) is 10.6. The molecule has 1 aliphatic rings. The van der Waals surface area contributed by atoms with Crippen LogP contribution in [0.2, 0.25) is 0 Å². The largest absolute Gasteiger partial charge is 0.396 e. The van der Waals surface area contributed by atoms with Crippen LogP contribution in [0.1, 0.15) is 25.0 Å². The second-order valence-electron chi connectivity index (χ2n) is 8.48. The number of H-pyrrole nitrogens is 1. The van der Waals surface area contributed by atoms with Crippen molar-refractivity contribution in [3.63, 3.8) is 0 Å². The monoisotopic (exact) mass is 422 g/mol. The minimum Gasteiger partial charge on any atom is -0.396 e. The molecule has 0 bridgehead atoms. The summed E-state index contributed by atoms with van der Waals surface area (Å²) in [4.78, 5) is 34.1. The van der Waals surface area contributed by atoms with Gasteiger partial charge in [0.25, 0.3) is 5.56 Å². The van der Waals surface area contributed by atoms with Gasteiger partial charge in [0.15, 0.2) is 11.2 Å². The summed E-state index contributed by atoms with van der Waals surface area (Å²) in [5.74, 6) is 0.860. The lowest BCUT2D eigenvalue weighted by Crippen LogP contribution is -2.39. The minimum atomic E-state index is -0.401. The molecule has 1 aliphatic carbocycles. The number of aromatic nitrogens is 5. The van der Waals surface area contributed by atoms with Crippen LogP contribution in [0, 0.1) is 5.92 Å². The maximum absolute atomic E-state index is 13.3. The van der Waals surface area contributed by atoms with Gasteiger partial charge in [-0.05, 0) is 42.7 Å². The number of nitrogens with one attached hydrogen (secondary N) is 2. The molecule has 0 amide bonds. The average molecular weight is 422 g/mol. The zero-order valence-corrected chi connectivity index (χ0v) is 17.6. The van der Waals surface area contributed by atoms with Crippen LogP contribution >= 0.6 is 0 Å². The van der Waals surface area contributed by atoms with Gasteiger partial charge in [-0.15, -0.1) is 0 Å². The summed E-state index contributed by atoms with van der Waals surface area (Å²) in [6.07, 6.45) is 2.77. The van der Waals surface area contributed by atoms with Crippen LogP contribution in [0.3, 0.4) is 0 Å². The highest BCUT2D eigenvalue weighted by Gasteiger charge is 2.26. The molecule has 5 rings (SSSR count). The van der Waals surface area contributed by atoms with Crippen LogP contribution in [0.25, 0.3) is 22.1 Å². The summed E-state index contributed by atoms with van der Waals surface area (Å²) < 4.78 is 4.40. The zero-order valence-electron chi connectivity index (χ0n) is 17.6. The van der Waals surface area contributed by atoms with Gasteiger partial charge in [-0.3, -0.25) is 13.9 Å². The van der Waals surface area contributed by atoms with Crippen LogP contribution in [-0.2, 0) is 20.6 Å². The van der Waals surface area contributed by atoms with Crippen molar-refractivity contribution in [2.75, 3.05) is 11.9 Å². The number of aliphatic hydroxyl groups excluding tert-OH is 1. The van der Waals surface area contributed by atoms with Gasteiger partial charge in [-0.1, -0.05) is 18.2 Å². The van der Waals surface area contributed by atoms with Gasteiger partial charge >= 0.3 is 5.69 Å². The topological polar surface area (TPSA) is 110 Å². The van der Waals surface area contributed by atoms with Crippen LogP contribution in [0.15, 0.2) is 39.9 Å². The molecule has 2 atom stereocenters. The summed E-state index contributed by atoms with van der Waals surface area (Å²) in [6.45, 7) is 0.346. The molecular weight excluding hydrogens is 396 g/mol. The third-order valence-corrected chi connectivity index (χ3v) is 6.41. The van der Waals surface area contributed by atoms with Crippen molar-refractivity contribution in [1.82, 2.24) is 23.7 Å². The van der Waals surface area contributed by atoms with Gasteiger partial charge in [-0.2, -0.15) is 4.98 Å². The van der Waals surface area contributed by atoms with Crippen LogP contribution in [0.4, 0.5) is 5.95 Å². The normalized spacial score (nSPS) is 18.9. The van der Waals surface area contributed by atoms with Crippen molar-refractivity contribution in [3.8, 4) is 0 Å². The number of imidazole rings is 1. The fraction of sp³-hybridized carbons (Fsp3) is 0.409. The smallest absolute Gasteiger partial charge is 0.332 e. The molecular formula is C22H26N6O3. The predicted molar refractivity (Wildman–Crippen MR) is 119 cm³/mol. The molecule has 0 spiro atoms. The van der Waals surface area contributed by atoms with Gasteiger partial charge in [-0.25, -0.2) is 4.79 Å². The van der Waals surface area contributed by atoms with Gasteiger partial charge in [0.1, 0.15) is 0 Å². The SMILES string of the molecule is Cn1c(N[C@@H]2CC[C@H](CO)C2)nc2c1c(=O)n(Cc1cc3ccccc3[nH]1)c(=O)n2C. The molecule has 31 heavy (non-hydrogen) atoms. The highest BCUT2D eigenvalue weighted by molar-refractivity contribution is 5.80. The number of benzene rings is 1. The van der Waals surface area contributed by atoms with Gasteiger partial charge in [0, 0.05) is 38.0 Å². The fourth-order valence-electron chi connectivity index (χ4n) is 4.66. The van der Waals surface area contributed by atoms with Crippen molar-refractivity contribution >= 4 is 28.0 Å². The molecule has 1 aromatic carbocycles. The molecule has 3 heterocycles. The van der Waals surface area contributed by atoms with Crippen LogP contribution < -0.4 is 16.6 Å².